The number of methoxy groups -OCH3 is 1. The number of nitrogens with one attached hydrogen (secondary N) is 3. The molecular formula is C31H30N4O4. The second-order valence-corrected chi connectivity index (χ2v) is 9.23. The molecule has 5 aromatic rings. The van der Waals surface area contributed by atoms with Gasteiger partial charge in [0, 0.05) is 47.3 Å². The topological polar surface area (TPSA) is 119 Å². The number of nitrogens with zero attached hydrogens (tertiary/aromatic N) is 1. The van der Waals surface area contributed by atoms with Crippen LogP contribution in [0.1, 0.15) is 17.2 Å². The van der Waals surface area contributed by atoms with Crippen molar-refractivity contribution in [2.75, 3.05) is 25.5 Å². The van der Waals surface area contributed by atoms with Crippen molar-refractivity contribution in [3.8, 4) is 22.6 Å². The first-order valence-electron chi connectivity index (χ1n) is 12.7. The maximum Gasteiger partial charge on any atom is 0.248 e. The Labute approximate surface area is 226 Å². The van der Waals surface area contributed by atoms with E-state index in [1.54, 1.807) is 31.6 Å². The first-order chi connectivity index (χ1) is 19.0. The van der Waals surface area contributed by atoms with Crippen LogP contribution in [0.3, 0.4) is 0 Å². The number of rotatable bonds is 10. The van der Waals surface area contributed by atoms with E-state index in [1.165, 1.54) is 17.7 Å². The van der Waals surface area contributed by atoms with Crippen LogP contribution >= 0.6 is 0 Å². The lowest BCUT2D eigenvalue weighted by molar-refractivity contribution is 0.176. The summed E-state index contributed by atoms with van der Waals surface area (Å²) in [5.41, 5.74) is 5.80. The number of ether oxygens (including phenoxy) is 1. The fourth-order valence-corrected chi connectivity index (χ4v) is 4.60. The monoisotopic (exact) mass is 522 g/mol. The van der Waals surface area contributed by atoms with Crippen LogP contribution in [0.4, 0.5) is 11.4 Å². The Morgan fingerprint density at radius 3 is 2.49 bits per heavy atom. The third kappa shape index (κ3) is 6.09. The van der Waals surface area contributed by atoms with Crippen molar-refractivity contribution in [1.82, 2.24) is 15.3 Å². The fraction of sp³-hybridized carbons (Fsp3) is 0.161. The molecule has 5 N–H and O–H groups in total. The Hall–Kier alpha value is -4.66. The molecule has 8 nitrogen and oxygen atoms in total. The van der Waals surface area contributed by atoms with Gasteiger partial charge in [0.15, 0.2) is 0 Å². The number of fused-ring (bicyclic) bond motifs is 1. The third-order valence-electron chi connectivity index (χ3n) is 6.63. The van der Waals surface area contributed by atoms with Crippen LogP contribution in [0.15, 0.2) is 96.1 Å². The largest absolute Gasteiger partial charge is 0.506 e. The van der Waals surface area contributed by atoms with Gasteiger partial charge in [-0.05, 0) is 84.3 Å². The maximum atomic E-state index is 11.6. The Morgan fingerprint density at radius 2 is 1.72 bits per heavy atom. The SMILES string of the molecule is COc1ccc(Nc2ccc(CCNC[C@H](O)c3ccc(O)c4[nH]c(=O)ccc34)cc2)cc1-c1ccncc1. The molecule has 0 amide bonds. The van der Waals surface area contributed by atoms with Gasteiger partial charge in [0.2, 0.25) is 5.56 Å². The maximum absolute atomic E-state index is 11.6. The van der Waals surface area contributed by atoms with Crippen LogP contribution < -0.4 is 20.9 Å². The molecule has 0 aliphatic rings. The summed E-state index contributed by atoms with van der Waals surface area (Å²) in [7, 11) is 1.67. The molecular weight excluding hydrogens is 492 g/mol. The molecule has 0 aliphatic heterocycles. The Kier molecular flexibility index (Phi) is 7.86. The normalized spacial score (nSPS) is 11.8. The van der Waals surface area contributed by atoms with Crippen LogP contribution in [-0.4, -0.2) is 40.4 Å². The van der Waals surface area contributed by atoms with Crippen molar-refractivity contribution in [2.24, 2.45) is 0 Å². The second kappa shape index (κ2) is 11.8. The second-order valence-electron chi connectivity index (χ2n) is 9.23. The average molecular weight is 523 g/mol. The predicted molar refractivity (Wildman–Crippen MR) is 154 cm³/mol. The minimum absolute atomic E-state index is 0.0225. The molecule has 8 heteroatoms. The van der Waals surface area contributed by atoms with Gasteiger partial charge in [0.05, 0.1) is 18.7 Å². The number of phenolic OH excluding ortho intramolecular Hbond substituents is 1. The number of anilines is 2. The van der Waals surface area contributed by atoms with E-state index in [2.05, 4.69) is 38.8 Å². The molecule has 5 rings (SSSR count). The molecule has 0 bridgehead atoms. The van der Waals surface area contributed by atoms with E-state index in [4.69, 9.17) is 4.74 Å². The smallest absolute Gasteiger partial charge is 0.248 e. The molecule has 1 atom stereocenters. The van der Waals surface area contributed by atoms with E-state index in [-0.39, 0.29) is 11.3 Å². The summed E-state index contributed by atoms with van der Waals surface area (Å²) in [6.07, 6.45) is 3.54. The lowest BCUT2D eigenvalue weighted by Crippen LogP contribution is -2.24. The predicted octanol–water partition coefficient (Wildman–Crippen LogP) is 4.91. The number of aromatic amines is 1. The highest BCUT2D eigenvalue weighted by Gasteiger charge is 2.14. The van der Waals surface area contributed by atoms with E-state index in [0.717, 1.165) is 34.7 Å². The van der Waals surface area contributed by atoms with Gasteiger partial charge in [-0.3, -0.25) is 9.78 Å². The van der Waals surface area contributed by atoms with Gasteiger partial charge < -0.3 is 30.6 Å². The summed E-state index contributed by atoms with van der Waals surface area (Å²) in [4.78, 5) is 18.3. The lowest BCUT2D eigenvalue weighted by Gasteiger charge is -2.15. The lowest BCUT2D eigenvalue weighted by atomic mass is 10.0. The molecule has 0 aliphatic carbocycles. The average Bonchev–Trinajstić information content (AvgIpc) is 2.97. The number of aliphatic hydroxyl groups excluding tert-OH is 1. The van der Waals surface area contributed by atoms with Gasteiger partial charge in [-0.1, -0.05) is 18.2 Å². The van der Waals surface area contributed by atoms with Crippen molar-refractivity contribution < 1.29 is 14.9 Å². The third-order valence-corrected chi connectivity index (χ3v) is 6.63. The van der Waals surface area contributed by atoms with E-state index in [1.807, 2.05) is 36.4 Å². The first-order valence-corrected chi connectivity index (χ1v) is 12.7. The van der Waals surface area contributed by atoms with Crippen molar-refractivity contribution in [3.63, 3.8) is 0 Å². The zero-order valence-corrected chi connectivity index (χ0v) is 21.5. The summed E-state index contributed by atoms with van der Waals surface area (Å²) in [6.45, 7) is 1.03. The zero-order chi connectivity index (χ0) is 27.2. The highest BCUT2D eigenvalue weighted by Crippen LogP contribution is 2.33. The number of hydrogen-bond donors (Lipinski definition) is 5. The molecule has 39 heavy (non-hydrogen) atoms. The van der Waals surface area contributed by atoms with Crippen LogP contribution in [0.5, 0.6) is 11.5 Å². The van der Waals surface area contributed by atoms with Crippen molar-refractivity contribution in [2.45, 2.75) is 12.5 Å². The number of pyridine rings is 2. The molecule has 3 aromatic carbocycles. The summed E-state index contributed by atoms with van der Waals surface area (Å²) < 4.78 is 5.54. The van der Waals surface area contributed by atoms with Crippen molar-refractivity contribution in [1.29, 1.82) is 0 Å². The van der Waals surface area contributed by atoms with Crippen molar-refractivity contribution >= 4 is 22.3 Å². The van der Waals surface area contributed by atoms with Gasteiger partial charge in [-0.2, -0.15) is 0 Å². The Bertz CT molecular complexity index is 1620. The summed E-state index contributed by atoms with van der Waals surface area (Å²) in [6, 6.07) is 24.3. The van der Waals surface area contributed by atoms with Crippen LogP contribution in [0.2, 0.25) is 0 Å². The molecule has 198 valence electrons. The molecule has 0 saturated heterocycles. The van der Waals surface area contributed by atoms with E-state index >= 15 is 0 Å². The van der Waals surface area contributed by atoms with E-state index in [9.17, 15) is 15.0 Å². The molecule has 0 fully saturated rings. The van der Waals surface area contributed by atoms with Crippen LogP contribution in [-0.2, 0) is 6.42 Å². The summed E-state index contributed by atoms with van der Waals surface area (Å²) in [5, 5.41) is 28.1. The molecule has 0 unspecified atom stereocenters. The van der Waals surface area contributed by atoms with Crippen LogP contribution in [0.25, 0.3) is 22.0 Å². The number of aromatic hydroxyl groups is 1. The fourth-order valence-electron chi connectivity index (χ4n) is 4.60. The minimum Gasteiger partial charge on any atom is -0.506 e. The van der Waals surface area contributed by atoms with Crippen molar-refractivity contribution in [3.05, 3.63) is 113 Å². The quantitative estimate of drug-likeness (QED) is 0.165. The van der Waals surface area contributed by atoms with Gasteiger partial charge >= 0.3 is 0 Å². The van der Waals surface area contributed by atoms with Crippen LogP contribution in [0, 0.1) is 0 Å². The number of aliphatic hydroxyl groups is 1. The van der Waals surface area contributed by atoms with E-state index in [0.29, 0.717) is 29.6 Å². The van der Waals surface area contributed by atoms with Gasteiger partial charge in [0.25, 0.3) is 0 Å². The minimum atomic E-state index is -0.785. The molecule has 2 aromatic heterocycles. The number of phenols is 1. The number of H-pyrrole nitrogens is 1. The number of hydrogen-bond acceptors (Lipinski definition) is 7. The highest BCUT2D eigenvalue weighted by atomic mass is 16.5. The standard InChI is InChI=1S/C31H30N4O4/c1-39-29-10-6-23(18-26(29)21-13-16-32-17-14-21)34-22-4-2-20(3-5-22)12-15-33-19-28(37)24-7-9-27(36)31-25(24)8-11-30(38)35-31/h2-11,13-14,16-18,28,33-34,36-37H,12,15,19H2,1H3,(H,35,38)/t28-/m0/s1. The highest BCUT2D eigenvalue weighted by molar-refractivity contribution is 5.87. The summed E-state index contributed by atoms with van der Waals surface area (Å²) in [5.74, 6) is 0.777. The molecule has 0 spiro atoms. The zero-order valence-electron chi connectivity index (χ0n) is 21.5. The van der Waals surface area contributed by atoms with Gasteiger partial charge in [-0.25, -0.2) is 0 Å². The Morgan fingerprint density at radius 1 is 0.949 bits per heavy atom. The molecule has 0 saturated carbocycles. The van der Waals surface area contributed by atoms with Gasteiger partial charge in [-0.15, -0.1) is 0 Å². The molecule has 2 heterocycles. The summed E-state index contributed by atoms with van der Waals surface area (Å²) >= 11 is 0. The first kappa shape index (κ1) is 26.0. The van der Waals surface area contributed by atoms with E-state index < -0.39 is 6.10 Å². The number of aromatic nitrogens is 2. The molecule has 0 radical (unpaired) electrons. The Balaban J connectivity index is 1.16. The number of benzene rings is 3. The van der Waals surface area contributed by atoms with Gasteiger partial charge in [0.1, 0.15) is 11.5 Å².